The Kier molecular flexibility index (Phi) is 5.81. The van der Waals surface area contributed by atoms with Gasteiger partial charge in [0.05, 0.1) is 31.9 Å². The lowest BCUT2D eigenvalue weighted by molar-refractivity contribution is 0.323. The fourth-order valence-electron chi connectivity index (χ4n) is 3.93. The van der Waals surface area contributed by atoms with Crippen LogP contribution >= 0.6 is 0 Å². The molecule has 0 radical (unpaired) electrons. The van der Waals surface area contributed by atoms with Gasteiger partial charge < -0.3 is 18.9 Å². The van der Waals surface area contributed by atoms with Gasteiger partial charge in [-0.1, -0.05) is 30.3 Å². The van der Waals surface area contributed by atoms with Crippen molar-refractivity contribution in [3.8, 4) is 34.0 Å². The first kappa shape index (κ1) is 19.5. The van der Waals surface area contributed by atoms with Gasteiger partial charge in [-0.15, -0.1) is 0 Å². The number of aromatic nitrogens is 2. The summed E-state index contributed by atoms with van der Waals surface area (Å²) < 4.78 is 27.9. The predicted molar refractivity (Wildman–Crippen MR) is 112 cm³/mol. The fourth-order valence-corrected chi connectivity index (χ4v) is 3.93. The molecule has 0 amide bonds. The number of methoxy groups -OCH3 is 2. The minimum atomic E-state index is -0.359. The van der Waals surface area contributed by atoms with E-state index in [9.17, 15) is 0 Å². The Balaban J connectivity index is 1.80. The molecule has 1 aromatic heterocycles. The van der Waals surface area contributed by atoms with Gasteiger partial charge in [0.25, 0.3) is 0 Å². The van der Waals surface area contributed by atoms with Crippen LogP contribution in [0.5, 0.6) is 11.5 Å². The third-order valence-electron chi connectivity index (χ3n) is 5.47. The van der Waals surface area contributed by atoms with E-state index < -0.39 is 0 Å². The average Bonchev–Trinajstić information content (AvgIpc) is 3.42. The van der Waals surface area contributed by atoms with E-state index in [-0.39, 0.29) is 5.82 Å². The van der Waals surface area contributed by atoms with Crippen LogP contribution in [0.15, 0.2) is 48.8 Å². The van der Waals surface area contributed by atoms with Crippen LogP contribution in [-0.2, 0) is 6.54 Å². The Morgan fingerprint density at radius 1 is 0.966 bits per heavy atom. The molecule has 152 valence electrons. The summed E-state index contributed by atoms with van der Waals surface area (Å²) in [6, 6.07) is 13.0. The van der Waals surface area contributed by atoms with Crippen molar-refractivity contribution in [1.29, 1.82) is 0 Å². The molecule has 5 nitrogen and oxygen atoms in total. The summed E-state index contributed by atoms with van der Waals surface area (Å²) in [7, 11) is 3.06. The van der Waals surface area contributed by atoms with E-state index in [0.29, 0.717) is 17.1 Å². The lowest BCUT2D eigenvalue weighted by Crippen LogP contribution is -2.24. The standard InChI is InChI=1S/C23H26FN3O2/c1-28-20-14-18(19(24)15-21(20)29-2)23-22(17-8-4-3-5-9-17)25-16-27(23)13-12-26-10-6-7-11-26/h3-5,8-9,14-16H,6-7,10-13H2,1-2H3. The van der Waals surface area contributed by atoms with Crippen molar-refractivity contribution in [3.63, 3.8) is 0 Å². The maximum atomic E-state index is 15.1. The zero-order chi connectivity index (χ0) is 20.2. The van der Waals surface area contributed by atoms with Crippen LogP contribution in [0.1, 0.15) is 12.8 Å². The summed E-state index contributed by atoms with van der Waals surface area (Å²) in [5.74, 6) is 0.510. The molecule has 1 fully saturated rings. The molecule has 0 aliphatic carbocycles. The summed E-state index contributed by atoms with van der Waals surface area (Å²) in [5.41, 5.74) is 2.93. The highest BCUT2D eigenvalue weighted by atomic mass is 19.1. The van der Waals surface area contributed by atoms with E-state index in [4.69, 9.17) is 9.47 Å². The number of halogens is 1. The monoisotopic (exact) mass is 395 g/mol. The van der Waals surface area contributed by atoms with Gasteiger partial charge >= 0.3 is 0 Å². The first-order valence-electron chi connectivity index (χ1n) is 9.96. The molecule has 6 heteroatoms. The Morgan fingerprint density at radius 2 is 1.66 bits per heavy atom. The van der Waals surface area contributed by atoms with Crippen molar-refractivity contribution in [2.24, 2.45) is 0 Å². The Bertz CT molecular complexity index is 966. The topological polar surface area (TPSA) is 39.5 Å². The molecular formula is C23H26FN3O2. The van der Waals surface area contributed by atoms with Crippen molar-refractivity contribution in [1.82, 2.24) is 14.5 Å². The van der Waals surface area contributed by atoms with E-state index in [1.165, 1.54) is 26.0 Å². The number of ether oxygens (including phenoxy) is 2. The van der Waals surface area contributed by atoms with Crippen LogP contribution < -0.4 is 9.47 Å². The second kappa shape index (κ2) is 8.66. The minimum absolute atomic E-state index is 0.359. The van der Waals surface area contributed by atoms with Gasteiger partial charge in [-0.25, -0.2) is 9.37 Å². The van der Waals surface area contributed by atoms with Crippen molar-refractivity contribution in [2.75, 3.05) is 33.9 Å². The molecule has 2 aromatic carbocycles. The van der Waals surface area contributed by atoms with Crippen LogP contribution in [-0.4, -0.2) is 48.3 Å². The number of hydrogen-bond donors (Lipinski definition) is 0. The zero-order valence-corrected chi connectivity index (χ0v) is 16.9. The molecule has 0 atom stereocenters. The third-order valence-corrected chi connectivity index (χ3v) is 5.47. The molecule has 2 heterocycles. The second-order valence-corrected chi connectivity index (χ2v) is 7.24. The van der Waals surface area contributed by atoms with Gasteiger partial charge in [0, 0.05) is 30.3 Å². The van der Waals surface area contributed by atoms with E-state index in [1.807, 2.05) is 41.2 Å². The highest BCUT2D eigenvalue weighted by molar-refractivity contribution is 5.80. The molecule has 1 aliphatic rings. The molecule has 0 spiro atoms. The molecule has 1 aliphatic heterocycles. The minimum Gasteiger partial charge on any atom is -0.493 e. The number of nitrogens with zero attached hydrogens (tertiary/aromatic N) is 3. The Labute approximate surface area is 170 Å². The maximum Gasteiger partial charge on any atom is 0.163 e. The number of rotatable bonds is 7. The zero-order valence-electron chi connectivity index (χ0n) is 16.9. The van der Waals surface area contributed by atoms with E-state index >= 15 is 4.39 Å². The predicted octanol–water partition coefficient (Wildman–Crippen LogP) is 4.47. The van der Waals surface area contributed by atoms with Crippen LogP contribution in [0.3, 0.4) is 0 Å². The lowest BCUT2D eigenvalue weighted by atomic mass is 10.0. The van der Waals surface area contributed by atoms with E-state index in [0.717, 1.165) is 43.1 Å². The largest absolute Gasteiger partial charge is 0.493 e. The Hall–Kier alpha value is -2.86. The van der Waals surface area contributed by atoms with Crippen molar-refractivity contribution >= 4 is 0 Å². The highest BCUT2D eigenvalue weighted by Crippen LogP contribution is 2.38. The van der Waals surface area contributed by atoms with Gasteiger partial charge in [0.2, 0.25) is 0 Å². The number of hydrogen-bond acceptors (Lipinski definition) is 4. The molecule has 0 bridgehead atoms. The Morgan fingerprint density at radius 3 is 2.34 bits per heavy atom. The first-order chi connectivity index (χ1) is 14.2. The van der Waals surface area contributed by atoms with Crippen molar-refractivity contribution in [3.05, 3.63) is 54.6 Å². The van der Waals surface area contributed by atoms with E-state index in [1.54, 1.807) is 13.2 Å². The molecule has 0 unspecified atom stereocenters. The smallest absolute Gasteiger partial charge is 0.163 e. The average molecular weight is 395 g/mol. The van der Waals surface area contributed by atoms with Crippen LogP contribution in [0, 0.1) is 5.82 Å². The summed E-state index contributed by atoms with van der Waals surface area (Å²) in [4.78, 5) is 7.09. The van der Waals surface area contributed by atoms with Crippen LogP contribution in [0.4, 0.5) is 4.39 Å². The molecule has 4 rings (SSSR count). The fraction of sp³-hybridized carbons (Fsp3) is 0.348. The number of imidazole rings is 1. The van der Waals surface area contributed by atoms with Gasteiger partial charge in [-0.2, -0.15) is 0 Å². The number of likely N-dealkylation sites (tertiary alicyclic amines) is 1. The quantitative estimate of drug-likeness (QED) is 0.592. The molecule has 3 aromatic rings. The second-order valence-electron chi connectivity index (χ2n) is 7.24. The number of benzene rings is 2. The molecule has 0 saturated carbocycles. The van der Waals surface area contributed by atoms with Gasteiger partial charge in [0.15, 0.2) is 11.5 Å². The summed E-state index contributed by atoms with van der Waals surface area (Å²) in [5, 5.41) is 0. The van der Waals surface area contributed by atoms with E-state index in [2.05, 4.69) is 9.88 Å². The van der Waals surface area contributed by atoms with Gasteiger partial charge in [-0.3, -0.25) is 0 Å². The molecule has 0 N–H and O–H groups in total. The molecule has 29 heavy (non-hydrogen) atoms. The maximum absolute atomic E-state index is 15.1. The highest BCUT2D eigenvalue weighted by Gasteiger charge is 2.21. The summed E-state index contributed by atoms with van der Waals surface area (Å²) in [6.45, 7) is 3.93. The molecular weight excluding hydrogens is 369 g/mol. The SMILES string of the molecule is COc1cc(F)c(-c2c(-c3ccccc3)ncn2CCN2CCCC2)cc1OC. The van der Waals surface area contributed by atoms with Crippen LogP contribution in [0.2, 0.25) is 0 Å². The van der Waals surface area contributed by atoms with Gasteiger partial charge in [-0.05, 0) is 32.0 Å². The first-order valence-corrected chi connectivity index (χ1v) is 9.96. The molecule has 1 saturated heterocycles. The van der Waals surface area contributed by atoms with Crippen molar-refractivity contribution in [2.45, 2.75) is 19.4 Å². The normalized spacial score (nSPS) is 14.3. The van der Waals surface area contributed by atoms with Gasteiger partial charge in [0.1, 0.15) is 5.82 Å². The van der Waals surface area contributed by atoms with Crippen molar-refractivity contribution < 1.29 is 13.9 Å². The van der Waals surface area contributed by atoms with Crippen LogP contribution in [0.25, 0.3) is 22.5 Å². The summed E-state index contributed by atoms with van der Waals surface area (Å²) in [6.07, 6.45) is 4.30. The lowest BCUT2D eigenvalue weighted by Gasteiger charge is -2.18. The third kappa shape index (κ3) is 3.98. The summed E-state index contributed by atoms with van der Waals surface area (Å²) >= 11 is 0.